The summed E-state index contributed by atoms with van der Waals surface area (Å²) in [5.41, 5.74) is 1.84. The van der Waals surface area contributed by atoms with Crippen LogP contribution >= 0.6 is 22.9 Å². The van der Waals surface area contributed by atoms with Gasteiger partial charge >= 0.3 is 0 Å². The van der Waals surface area contributed by atoms with Gasteiger partial charge in [-0.1, -0.05) is 11.6 Å². The third-order valence-electron chi connectivity index (χ3n) is 5.00. The van der Waals surface area contributed by atoms with Gasteiger partial charge in [-0.25, -0.2) is 14.4 Å². The van der Waals surface area contributed by atoms with Crippen LogP contribution in [0.2, 0.25) is 5.02 Å². The van der Waals surface area contributed by atoms with Gasteiger partial charge in [-0.3, -0.25) is 4.79 Å². The Balaban J connectivity index is 1.59. The monoisotopic (exact) mass is 434 g/mol. The zero-order chi connectivity index (χ0) is 20.4. The minimum Gasteiger partial charge on any atom is -0.383 e. The number of aromatic nitrogens is 2. The summed E-state index contributed by atoms with van der Waals surface area (Å²) in [6.07, 6.45) is 3.75. The van der Waals surface area contributed by atoms with Gasteiger partial charge in [0.1, 0.15) is 22.8 Å². The van der Waals surface area contributed by atoms with E-state index in [0.29, 0.717) is 31.1 Å². The highest BCUT2D eigenvalue weighted by atomic mass is 35.5. The van der Waals surface area contributed by atoms with Crippen molar-refractivity contribution in [3.8, 4) is 0 Å². The van der Waals surface area contributed by atoms with Gasteiger partial charge in [-0.05, 0) is 43.0 Å². The molecule has 1 aliphatic carbocycles. The van der Waals surface area contributed by atoms with E-state index in [1.165, 1.54) is 28.9 Å². The molecule has 2 N–H and O–H groups in total. The first-order valence-electron chi connectivity index (χ1n) is 9.30. The molecular weight excluding hydrogens is 415 g/mol. The predicted octanol–water partition coefficient (Wildman–Crippen LogP) is 4.09. The number of anilines is 2. The normalized spacial score (nSPS) is 15.9. The van der Waals surface area contributed by atoms with Gasteiger partial charge in [0.15, 0.2) is 0 Å². The zero-order valence-electron chi connectivity index (χ0n) is 15.8. The SMILES string of the molecule is COCCNC(=O)C1CCc2c(sc3ncnc(Nc4ccc(F)c(Cl)c4)c23)C1. The van der Waals surface area contributed by atoms with E-state index < -0.39 is 5.82 Å². The number of halogens is 2. The van der Waals surface area contributed by atoms with Crippen molar-refractivity contribution in [2.24, 2.45) is 5.92 Å². The quantitative estimate of drug-likeness (QED) is 0.571. The lowest BCUT2D eigenvalue weighted by atomic mass is 9.87. The molecule has 0 fully saturated rings. The van der Waals surface area contributed by atoms with Crippen molar-refractivity contribution in [2.75, 3.05) is 25.6 Å². The van der Waals surface area contributed by atoms with E-state index in [9.17, 15) is 9.18 Å². The summed E-state index contributed by atoms with van der Waals surface area (Å²) in [5, 5.41) is 7.17. The van der Waals surface area contributed by atoms with Gasteiger partial charge in [0.05, 0.1) is 17.0 Å². The van der Waals surface area contributed by atoms with E-state index >= 15 is 0 Å². The maximum absolute atomic E-state index is 13.4. The fourth-order valence-corrected chi connectivity index (χ4v) is 5.01. The van der Waals surface area contributed by atoms with Crippen LogP contribution < -0.4 is 10.6 Å². The van der Waals surface area contributed by atoms with Crippen molar-refractivity contribution in [3.63, 3.8) is 0 Å². The molecule has 0 spiro atoms. The molecule has 0 bridgehead atoms. The summed E-state index contributed by atoms with van der Waals surface area (Å²) in [6.45, 7) is 1.02. The second-order valence-electron chi connectivity index (χ2n) is 6.88. The zero-order valence-corrected chi connectivity index (χ0v) is 17.4. The van der Waals surface area contributed by atoms with Crippen LogP contribution in [0, 0.1) is 11.7 Å². The highest BCUT2D eigenvalue weighted by molar-refractivity contribution is 7.19. The summed E-state index contributed by atoms with van der Waals surface area (Å²) in [5.74, 6) is 0.217. The van der Waals surface area contributed by atoms with Crippen molar-refractivity contribution < 1.29 is 13.9 Å². The van der Waals surface area contributed by atoms with E-state index in [0.717, 1.165) is 23.1 Å². The Labute approximate surface area is 176 Å². The highest BCUT2D eigenvalue weighted by Crippen LogP contribution is 2.40. The molecule has 1 aliphatic rings. The predicted molar refractivity (Wildman–Crippen MR) is 113 cm³/mol. The van der Waals surface area contributed by atoms with Gasteiger partial charge < -0.3 is 15.4 Å². The number of hydrogen-bond acceptors (Lipinski definition) is 6. The minimum atomic E-state index is -0.465. The first-order valence-corrected chi connectivity index (χ1v) is 10.5. The van der Waals surface area contributed by atoms with Crippen molar-refractivity contribution in [1.29, 1.82) is 0 Å². The second-order valence-corrected chi connectivity index (χ2v) is 8.37. The number of methoxy groups -OCH3 is 1. The molecule has 0 saturated heterocycles. The van der Waals surface area contributed by atoms with Crippen LogP contribution in [-0.4, -0.2) is 36.1 Å². The number of nitrogens with one attached hydrogen (secondary N) is 2. The summed E-state index contributed by atoms with van der Waals surface area (Å²) < 4.78 is 18.4. The molecule has 29 heavy (non-hydrogen) atoms. The molecule has 2 aromatic heterocycles. The van der Waals surface area contributed by atoms with Gasteiger partial charge in [0.25, 0.3) is 0 Å². The fourth-order valence-electron chi connectivity index (χ4n) is 3.56. The molecular formula is C20H20ClFN4O2S. The van der Waals surface area contributed by atoms with Crippen molar-refractivity contribution in [2.45, 2.75) is 19.3 Å². The van der Waals surface area contributed by atoms with Crippen molar-refractivity contribution in [3.05, 3.63) is 45.8 Å². The van der Waals surface area contributed by atoms with Gasteiger partial charge in [-0.2, -0.15) is 0 Å². The molecule has 6 nitrogen and oxygen atoms in total. The molecule has 2 heterocycles. The average molecular weight is 435 g/mol. The number of carbonyl (C=O) groups is 1. The molecule has 1 unspecified atom stereocenters. The topological polar surface area (TPSA) is 76.1 Å². The number of aryl methyl sites for hydroxylation is 1. The number of fused-ring (bicyclic) bond motifs is 3. The average Bonchev–Trinajstić information content (AvgIpc) is 3.09. The Hall–Kier alpha value is -2.29. The molecule has 1 atom stereocenters. The Kier molecular flexibility index (Phi) is 5.94. The molecule has 0 radical (unpaired) electrons. The lowest BCUT2D eigenvalue weighted by molar-refractivity contribution is -0.125. The molecule has 1 aromatic carbocycles. The molecule has 0 saturated carbocycles. The Morgan fingerprint density at radius 2 is 2.28 bits per heavy atom. The number of amides is 1. The summed E-state index contributed by atoms with van der Waals surface area (Å²) in [7, 11) is 1.61. The van der Waals surface area contributed by atoms with Gasteiger partial charge in [0, 0.05) is 30.1 Å². The number of benzene rings is 1. The molecule has 4 rings (SSSR count). The van der Waals surface area contributed by atoms with Crippen LogP contribution in [0.1, 0.15) is 16.9 Å². The summed E-state index contributed by atoms with van der Waals surface area (Å²) in [6, 6.07) is 4.47. The maximum atomic E-state index is 13.4. The first kappa shape index (κ1) is 20.0. The number of thiophene rings is 1. The van der Waals surface area contributed by atoms with Gasteiger partial charge in [0.2, 0.25) is 5.91 Å². The van der Waals surface area contributed by atoms with E-state index in [2.05, 4.69) is 20.6 Å². The molecule has 9 heteroatoms. The number of carbonyl (C=O) groups excluding carboxylic acids is 1. The molecule has 152 valence electrons. The first-order chi connectivity index (χ1) is 14.1. The third-order valence-corrected chi connectivity index (χ3v) is 6.46. The Bertz CT molecular complexity index is 1060. The Morgan fingerprint density at radius 3 is 3.07 bits per heavy atom. The van der Waals surface area contributed by atoms with E-state index in [4.69, 9.17) is 16.3 Å². The minimum absolute atomic E-state index is 0.0484. The maximum Gasteiger partial charge on any atom is 0.223 e. The van der Waals surface area contributed by atoms with Crippen LogP contribution in [0.15, 0.2) is 24.5 Å². The smallest absolute Gasteiger partial charge is 0.223 e. The van der Waals surface area contributed by atoms with E-state index in [-0.39, 0.29) is 16.8 Å². The van der Waals surface area contributed by atoms with Gasteiger partial charge in [-0.15, -0.1) is 11.3 Å². The Morgan fingerprint density at radius 1 is 1.41 bits per heavy atom. The third kappa shape index (κ3) is 4.19. The van der Waals surface area contributed by atoms with Crippen LogP contribution in [0.4, 0.5) is 15.9 Å². The van der Waals surface area contributed by atoms with Crippen LogP contribution in [-0.2, 0) is 22.4 Å². The van der Waals surface area contributed by atoms with Crippen molar-refractivity contribution in [1.82, 2.24) is 15.3 Å². The standard InChI is InChI=1S/C20H20ClFN4O2S/c1-28-7-6-23-19(27)11-2-4-13-16(8-11)29-20-17(13)18(24-10-25-20)26-12-3-5-15(22)14(21)9-12/h3,5,9-11H,2,4,6-8H2,1H3,(H,23,27)(H,24,25,26). The molecule has 3 aromatic rings. The molecule has 1 amide bonds. The van der Waals surface area contributed by atoms with Crippen molar-refractivity contribution >= 4 is 50.6 Å². The van der Waals surface area contributed by atoms with Crippen LogP contribution in [0.3, 0.4) is 0 Å². The van der Waals surface area contributed by atoms with E-state index in [1.807, 2.05) is 0 Å². The lowest BCUT2D eigenvalue weighted by Gasteiger charge is -2.21. The lowest BCUT2D eigenvalue weighted by Crippen LogP contribution is -2.35. The molecule has 0 aliphatic heterocycles. The number of hydrogen-bond donors (Lipinski definition) is 2. The number of rotatable bonds is 6. The summed E-state index contributed by atoms with van der Waals surface area (Å²) in [4.78, 5) is 23.3. The highest BCUT2D eigenvalue weighted by Gasteiger charge is 2.29. The van der Waals surface area contributed by atoms with E-state index in [1.54, 1.807) is 24.5 Å². The second kappa shape index (κ2) is 8.61. The fraction of sp³-hybridized carbons (Fsp3) is 0.350. The number of ether oxygens (including phenoxy) is 1. The van der Waals surface area contributed by atoms with Crippen LogP contribution in [0.25, 0.3) is 10.2 Å². The van der Waals surface area contributed by atoms with Crippen LogP contribution in [0.5, 0.6) is 0 Å². The largest absolute Gasteiger partial charge is 0.383 e. The number of nitrogens with zero attached hydrogens (tertiary/aromatic N) is 2. The summed E-state index contributed by atoms with van der Waals surface area (Å²) >= 11 is 7.49.